The van der Waals surface area contributed by atoms with Crippen molar-refractivity contribution < 1.29 is 14.3 Å². The Bertz CT molecular complexity index is 696. The molecule has 0 saturated heterocycles. The molecule has 3 N–H and O–H groups in total. The molecule has 7 nitrogen and oxygen atoms in total. The highest BCUT2D eigenvalue weighted by molar-refractivity contribution is 8.01. The van der Waals surface area contributed by atoms with Crippen LogP contribution in [0.1, 0.15) is 6.42 Å². The molecule has 10 heteroatoms. The number of ether oxygens (including phenoxy) is 2. The average molecular weight is 375 g/mol. The van der Waals surface area contributed by atoms with Crippen LogP contribution in [0.3, 0.4) is 0 Å². The monoisotopic (exact) mass is 374 g/mol. The van der Waals surface area contributed by atoms with Crippen molar-refractivity contribution >= 4 is 51.4 Å². The van der Waals surface area contributed by atoms with Gasteiger partial charge in [0.05, 0.1) is 24.9 Å². The summed E-state index contributed by atoms with van der Waals surface area (Å²) < 4.78 is 11.1. The molecule has 1 heterocycles. The summed E-state index contributed by atoms with van der Waals surface area (Å²) in [5.41, 5.74) is 5.99. The Hall–Kier alpha value is -1.71. The number of hydrogen-bond acceptors (Lipinski definition) is 8. The molecule has 0 aliphatic heterocycles. The predicted octanol–water partition coefficient (Wildman–Crippen LogP) is 2.91. The van der Waals surface area contributed by atoms with Crippen LogP contribution in [0.25, 0.3) is 0 Å². The van der Waals surface area contributed by atoms with Gasteiger partial charge in [0.1, 0.15) is 11.5 Å². The fourth-order valence-corrected chi connectivity index (χ4v) is 3.57. The third kappa shape index (κ3) is 4.88. The molecular formula is C13H15ClN4O3S2. The van der Waals surface area contributed by atoms with Crippen LogP contribution in [0.15, 0.2) is 16.5 Å². The molecule has 0 aliphatic rings. The van der Waals surface area contributed by atoms with Gasteiger partial charge in [-0.1, -0.05) is 34.7 Å². The minimum Gasteiger partial charge on any atom is -0.495 e. The lowest BCUT2D eigenvalue weighted by Crippen LogP contribution is -2.13. The summed E-state index contributed by atoms with van der Waals surface area (Å²) in [4.78, 5) is 12.0. The SMILES string of the molecule is COc1cc(OC)c(NC(=O)CCSc2nnc(N)s2)cc1Cl. The number of amides is 1. The Balaban J connectivity index is 1.93. The summed E-state index contributed by atoms with van der Waals surface area (Å²) in [6, 6.07) is 3.21. The molecule has 0 radical (unpaired) electrons. The van der Waals surface area contributed by atoms with Crippen molar-refractivity contribution in [3.05, 3.63) is 17.2 Å². The molecule has 2 rings (SSSR count). The van der Waals surface area contributed by atoms with Crippen LogP contribution in [-0.2, 0) is 4.79 Å². The molecule has 1 aromatic carbocycles. The van der Waals surface area contributed by atoms with Crippen LogP contribution >= 0.6 is 34.7 Å². The van der Waals surface area contributed by atoms with E-state index in [1.54, 1.807) is 12.1 Å². The number of carbonyl (C=O) groups excluding carboxylic acids is 1. The first-order valence-electron chi connectivity index (χ1n) is 6.46. The van der Waals surface area contributed by atoms with Crippen LogP contribution in [0.4, 0.5) is 10.8 Å². The van der Waals surface area contributed by atoms with E-state index in [2.05, 4.69) is 15.5 Å². The molecule has 2 aromatic rings. The summed E-state index contributed by atoms with van der Waals surface area (Å²) in [6.07, 6.45) is 0.303. The van der Waals surface area contributed by atoms with Crippen molar-refractivity contribution in [1.29, 1.82) is 0 Å². The first-order valence-corrected chi connectivity index (χ1v) is 8.64. The first-order chi connectivity index (χ1) is 11.0. The smallest absolute Gasteiger partial charge is 0.225 e. The van der Waals surface area contributed by atoms with Gasteiger partial charge in [-0.05, 0) is 6.07 Å². The minimum atomic E-state index is -0.158. The Labute approximate surface area is 146 Å². The van der Waals surface area contributed by atoms with Crippen LogP contribution < -0.4 is 20.5 Å². The van der Waals surface area contributed by atoms with E-state index in [0.29, 0.717) is 39.5 Å². The number of carbonyl (C=O) groups is 1. The van der Waals surface area contributed by atoms with Gasteiger partial charge in [0.15, 0.2) is 4.34 Å². The van der Waals surface area contributed by atoms with Gasteiger partial charge in [-0.15, -0.1) is 10.2 Å². The minimum absolute atomic E-state index is 0.158. The van der Waals surface area contributed by atoms with E-state index in [4.69, 9.17) is 26.8 Å². The first kappa shape index (κ1) is 17.6. The third-order valence-corrected chi connectivity index (χ3v) is 4.91. The number of nitrogen functional groups attached to an aromatic ring is 1. The molecule has 1 amide bonds. The van der Waals surface area contributed by atoms with Crippen molar-refractivity contribution in [2.75, 3.05) is 31.0 Å². The zero-order valence-electron chi connectivity index (χ0n) is 12.5. The topological polar surface area (TPSA) is 99.4 Å². The maximum atomic E-state index is 12.0. The van der Waals surface area contributed by atoms with Crippen LogP contribution in [0.5, 0.6) is 11.5 Å². The number of rotatable bonds is 7. The van der Waals surface area contributed by atoms with Gasteiger partial charge >= 0.3 is 0 Å². The lowest BCUT2D eigenvalue weighted by Gasteiger charge is -2.13. The number of nitrogens with zero attached hydrogens (tertiary/aromatic N) is 2. The van der Waals surface area contributed by atoms with E-state index in [1.165, 1.54) is 37.3 Å². The molecule has 0 saturated carbocycles. The maximum absolute atomic E-state index is 12.0. The molecule has 0 fully saturated rings. The van der Waals surface area contributed by atoms with Crippen molar-refractivity contribution in [2.24, 2.45) is 0 Å². The van der Waals surface area contributed by atoms with E-state index in [0.717, 1.165) is 4.34 Å². The second kappa shape index (κ2) is 8.23. The Morgan fingerprint density at radius 2 is 2.09 bits per heavy atom. The lowest BCUT2D eigenvalue weighted by atomic mass is 10.2. The van der Waals surface area contributed by atoms with Gasteiger partial charge in [0.2, 0.25) is 11.0 Å². The summed E-state index contributed by atoms with van der Waals surface area (Å²) in [5.74, 6) is 1.36. The van der Waals surface area contributed by atoms with Crippen molar-refractivity contribution in [1.82, 2.24) is 10.2 Å². The quantitative estimate of drug-likeness (QED) is 0.718. The second-order valence-electron chi connectivity index (χ2n) is 4.24. The fraction of sp³-hybridized carbons (Fsp3) is 0.308. The largest absolute Gasteiger partial charge is 0.495 e. The number of aromatic nitrogens is 2. The molecule has 0 atom stereocenters. The van der Waals surface area contributed by atoms with E-state index >= 15 is 0 Å². The van der Waals surface area contributed by atoms with E-state index in [1.807, 2.05) is 0 Å². The van der Waals surface area contributed by atoms with Gasteiger partial charge in [0, 0.05) is 18.2 Å². The molecule has 124 valence electrons. The lowest BCUT2D eigenvalue weighted by molar-refractivity contribution is -0.115. The number of methoxy groups -OCH3 is 2. The average Bonchev–Trinajstić information content (AvgIpc) is 2.93. The molecule has 0 aliphatic carbocycles. The normalized spacial score (nSPS) is 10.4. The molecule has 0 bridgehead atoms. The number of hydrogen-bond donors (Lipinski definition) is 2. The highest BCUT2D eigenvalue weighted by Gasteiger charge is 2.13. The van der Waals surface area contributed by atoms with E-state index in [9.17, 15) is 4.79 Å². The maximum Gasteiger partial charge on any atom is 0.225 e. The number of thioether (sulfide) groups is 1. The van der Waals surface area contributed by atoms with Gasteiger partial charge < -0.3 is 20.5 Å². The van der Waals surface area contributed by atoms with E-state index in [-0.39, 0.29) is 5.91 Å². The Morgan fingerprint density at radius 3 is 2.70 bits per heavy atom. The molecular weight excluding hydrogens is 360 g/mol. The third-order valence-electron chi connectivity index (χ3n) is 2.72. The van der Waals surface area contributed by atoms with Crippen LogP contribution in [0, 0.1) is 0 Å². The van der Waals surface area contributed by atoms with Gasteiger partial charge in [-0.3, -0.25) is 4.79 Å². The number of anilines is 2. The van der Waals surface area contributed by atoms with Crippen LogP contribution in [-0.4, -0.2) is 36.1 Å². The van der Waals surface area contributed by atoms with Gasteiger partial charge in [0.25, 0.3) is 0 Å². The number of nitrogens with two attached hydrogens (primary N) is 1. The molecule has 0 spiro atoms. The highest BCUT2D eigenvalue weighted by atomic mass is 35.5. The standard InChI is InChI=1S/C13H15ClN4O3S2/c1-20-9-6-10(21-2)8(5-7(9)14)16-11(19)3-4-22-13-18-17-12(15)23-13/h5-6H,3-4H2,1-2H3,(H2,15,17)(H,16,19). The van der Waals surface area contributed by atoms with Gasteiger partial charge in [-0.2, -0.15) is 0 Å². The Morgan fingerprint density at radius 1 is 1.35 bits per heavy atom. The van der Waals surface area contributed by atoms with Crippen molar-refractivity contribution in [3.8, 4) is 11.5 Å². The predicted molar refractivity (Wildman–Crippen MR) is 92.8 cm³/mol. The van der Waals surface area contributed by atoms with Crippen molar-refractivity contribution in [3.63, 3.8) is 0 Å². The van der Waals surface area contributed by atoms with Crippen LogP contribution in [0.2, 0.25) is 5.02 Å². The summed E-state index contributed by atoms with van der Waals surface area (Å²) in [5, 5.41) is 11.2. The zero-order valence-corrected chi connectivity index (χ0v) is 14.8. The number of benzene rings is 1. The zero-order chi connectivity index (χ0) is 16.8. The summed E-state index contributed by atoms with van der Waals surface area (Å²) in [6.45, 7) is 0. The Kier molecular flexibility index (Phi) is 6.31. The van der Waals surface area contributed by atoms with Crippen molar-refractivity contribution in [2.45, 2.75) is 10.8 Å². The summed E-state index contributed by atoms with van der Waals surface area (Å²) in [7, 11) is 3.02. The highest BCUT2D eigenvalue weighted by Crippen LogP contribution is 2.36. The molecule has 23 heavy (non-hydrogen) atoms. The van der Waals surface area contributed by atoms with E-state index < -0.39 is 0 Å². The number of nitrogens with one attached hydrogen (secondary N) is 1. The molecule has 0 unspecified atom stereocenters. The van der Waals surface area contributed by atoms with Gasteiger partial charge in [-0.25, -0.2) is 0 Å². The summed E-state index contributed by atoms with van der Waals surface area (Å²) >= 11 is 8.78. The second-order valence-corrected chi connectivity index (χ2v) is 7.00. The number of halogens is 1. The fourth-order valence-electron chi connectivity index (χ4n) is 1.68. The molecule has 1 aromatic heterocycles.